The van der Waals surface area contributed by atoms with E-state index in [-0.39, 0.29) is 12.4 Å². The summed E-state index contributed by atoms with van der Waals surface area (Å²) in [4.78, 5) is 16.4. The Morgan fingerprint density at radius 1 is 1.11 bits per heavy atom. The molecule has 2 rings (SSSR count). The van der Waals surface area contributed by atoms with Crippen LogP contribution in [0, 0.1) is 5.92 Å². The predicted molar refractivity (Wildman–Crippen MR) is 75.9 cm³/mol. The van der Waals surface area contributed by atoms with Crippen LogP contribution in [0.4, 0.5) is 0 Å². The number of hydrogen-bond donors (Lipinski definition) is 1. The first kappa shape index (κ1) is 15.7. The topological polar surface area (TPSA) is 49.6 Å². The Morgan fingerprint density at radius 3 is 2.22 bits per heavy atom. The van der Waals surface area contributed by atoms with Gasteiger partial charge in [-0.1, -0.05) is 6.92 Å². The van der Waals surface area contributed by atoms with Crippen molar-refractivity contribution in [3.05, 3.63) is 0 Å². The summed E-state index contributed by atoms with van der Waals surface area (Å²) >= 11 is 0. The van der Waals surface area contributed by atoms with Gasteiger partial charge >= 0.3 is 0 Å². The van der Waals surface area contributed by atoms with Gasteiger partial charge in [0.1, 0.15) is 0 Å². The minimum atomic E-state index is 0. The zero-order chi connectivity index (χ0) is 12.3. The minimum absolute atomic E-state index is 0. The van der Waals surface area contributed by atoms with E-state index in [4.69, 9.17) is 5.73 Å². The largest absolute Gasteiger partial charge is 0.342 e. The molecular weight excluding hydrogens is 250 g/mol. The average Bonchev–Trinajstić information content (AvgIpc) is 2.33. The van der Waals surface area contributed by atoms with Crippen LogP contribution in [0.3, 0.4) is 0 Å². The molecule has 0 aromatic carbocycles. The highest BCUT2D eigenvalue weighted by Gasteiger charge is 2.23. The Bertz CT molecular complexity index is 259. The highest BCUT2D eigenvalue weighted by molar-refractivity contribution is 5.85. The van der Waals surface area contributed by atoms with E-state index in [0.29, 0.717) is 18.5 Å². The average molecular weight is 276 g/mol. The third-order valence-electron chi connectivity index (χ3n) is 4.13. The normalized spacial score (nSPS) is 23.8. The Hall–Kier alpha value is -0.320. The second-order valence-corrected chi connectivity index (χ2v) is 5.68. The second kappa shape index (κ2) is 7.31. The lowest BCUT2D eigenvalue weighted by Gasteiger charge is -2.34. The monoisotopic (exact) mass is 275 g/mol. The molecular formula is C13H26ClN3O. The lowest BCUT2D eigenvalue weighted by molar-refractivity contribution is -0.134. The summed E-state index contributed by atoms with van der Waals surface area (Å²) in [6, 6.07) is 0.345. The van der Waals surface area contributed by atoms with Crippen molar-refractivity contribution in [1.29, 1.82) is 0 Å². The Kier molecular flexibility index (Phi) is 6.39. The number of rotatable bonds is 2. The van der Waals surface area contributed by atoms with Crippen molar-refractivity contribution < 1.29 is 4.79 Å². The van der Waals surface area contributed by atoms with Crippen LogP contribution in [0.5, 0.6) is 0 Å². The standard InChI is InChI=1S/C13H25N3O.ClH/c1-11-2-8-16(9-3-11)13(17)10-15-6-4-12(14)5-7-15;/h11-12H,2-10,14H2,1H3;1H. The highest BCUT2D eigenvalue weighted by Crippen LogP contribution is 2.16. The van der Waals surface area contributed by atoms with E-state index in [0.717, 1.165) is 57.8 Å². The van der Waals surface area contributed by atoms with Gasteiger partial charge in [0.15, 0.2) is 0 Å². The summed E-state index contributed by atoms with van der Waals surface area (Å²) in [6.45, 7) is 6.74. The highest BCUT2D eigenvalue weighted by atomic mass is 35.5. The van der Waals surface area contributed by atoms with Crippen molar-refractivity contribution >= 4 is 18.3 Å². The fourth-order valence-electron chi connectivity index (χ4n) is 2.66. The molecule has 0 aromatic heterocycles. The lowest BCUT2D eigenvalue weighted by Crippen LogP contribution is -2.47. The van der Waals surface area contributed by atoms with Gasteiger partial charge in [0.25, 0.3) is 0 Å². The van der Waals surface area contributed by atoms with Crippen molar-refractivity contribution in [1.82, 2.24) is 9.80 Å². The first-order chi connectivity index (χ1) is 8.15. The molecule has 0 atom stereocenters. The maximum atomic E-state index is 12.1. The van der Waals surface area contributed by atoms with Gasteiger partial charge in [-0.3, -0.25) is 9.69 Å². The van der Waals surface area contributed by atoms with E-state index in [2.05, 4.69) is 11.8 Å². The molecule has 2 heterocycles. The summed E-state index contributed by atoms with van der Waals surface area (Å²) in [5, 5.41) is 0. The number of carbonyl (C=O) groups excluding carboxylic acids is 1. The van der Waals surface area contributed by atoms with Crippen molar-refractivity contribution in [2.75, 3.05) is 32.7 Å². The fourth-order valence-corrected chi connectivity index (χ4v) is 2.66. The van der Waals surface area contributed by atoms with Crippen LogP contribution in [0.1, 0.15) is 32.6 Å². The Morgan fingerprint density at radius 2 is 1.67 bits per heavy atom. The number of halogens is 1. The molecule has 2 N–H and O–H groups in total. The zero-order valence-electron chi connectivity index (χ0n) is 11.3. The SMILES string of the molecule is CC1CCN(C(=O)CN2CCC(N)CC2)CC1.Cl. The first-order valence-corrected chi connectivity index (χ1v) is 6.91. The maximum absolute atomic E-state index is 12.1. The van der Waals surface area contributed by atoms with Crippen LogP contribution in [0.15, 0.2) is 0 Å². The van der Waals surface area contributed by atoms with E-state index in [1.54, 1.807) is 0 Å². The number of hydrogen-bond acceptors (Lipinski definition) is 3. The number of likely N-dealkylation sites (tertiary alicyclic amines) is 2. The van der Waals surface area contributed by atoms with Gasteiger partial charge in [-0.05, 0) is 31.6 Å². The van der Waals surface area contributed by atoms with Crippen molar-refractivity contribution in [3.8, 4) is 0 Å². The first-order valence-electron chi connectivity index (χ1n) is 6.91. The van der Waals surface area contributed by atoms with Gasteiger partial charge in [-0.2, -0.15) is 0 Å². The smallest absolute Gasteiger partial charge is 0.236 e. The van der Waals surface area contributed by atoms with E-state index in [1.807, 2.05) is 4.90 Å². The molecule has 106 valence electrons. The third kappa shape index (κ3) is 4.41. The molecule has 18 heavy (non-hydrogen) atoms. The molecule has 0 unspecified atom stereocenters. The van der Waals surface area contributed by atoms with Crippen molar-refractivity contribution in [3.63, 3.8) is 0 Å². The van der Waals surface area contributed by atoms with E-state index in [9.17, 15) is 4.79 Å². The maximum Gasteiger partial charge on any atom is 0.236 e. The molecule has 0 aromatic rings. The molecule has 2 aliphatic rings. The molecule has 0 saturated carbocycles. The Balaban J connectivity index is 0.00000162. The molecule has 0 spiro atoms. The summed E-state index contributed by atoms with van der Waals surface area (Å²) in [5.41, 5.74) is 5.86. The molecule has 2 saturated heterocycles. The van der Waals surface area contributed by atoms with Gasteiger partial charge in [0, 0.05) is 32.2 Å². The lowest BCUT2D eigenvalue weighted by atomic mass is 9.99. The Labute approximate surface area is 116 Å². The van der Waals surface area contributed by atoms with Crippen LogP contribution < -0.4 is 5.73 Å². The van der Waals surface area contributed by atoms with Crippen LogP contribution in [-0.2, 0) is 4.79 Å². The molecule has 1 amide bonds. The molecule has 4 nitrogen and oxygen atoms in total. The third-order valence-corrected chi connectivity index (χ3v) is 4.13. The molecule has 2 aliphatic heterocycles. The van der Waals surface area contributed by atoms with E-state index >= 15 is 0 Å². The number of nitrogens with zero attached hydrogens (tertiary/aromatic N) is 2. The molecule has 0 bridgehead atoms. The fraction of sp³-hybridized carbons (Fsp3) is 0.923. The van der Waals surface area contributed by atoms with Crippen LogP contribution in [-0.4, -0.2) is 54.5 Å². The zero-order valence-corrected chi connectivity index (χ0v) is 12.1. The summed E-state index contributed by atoms with van der Waals surface area (Å²) in [5.74, 6) is 1.10. The van der Waals surface area contributed by atoms with Gasteiger partial charge in [0.2, 0.25) is 5.91 Å². The number of carbonyl (C=O) groups is 1. The molecule has 2 fully saturated rings. The number of nitrogens with two attached hydrogens (primary N) is 1. The van der Waals surface area contributed by atoms with Crippen LogP contribution >= 0.6 is 12.4 Å². The quantitative estimate of drug-likeness (QED) is 0.821. The van der Waals surface area contributed by atoms with Gasteiger partial charge in [0.05, 0.1) is 6.54 Å². The van der Waals surface area contributed by atoms with Gasteiger partial charge < -0.3 is 10.6 Å². The van der Waals surface area contributed by atoms with Crippen molar-refractivity contribution in [2.45, 2.75) is 38.6 Å². The van der Waals surface area contributed by atoms with E-state index < -0.39 is 0 Å². The second-order valence-electron chi connectivity index (χ2n) is 5.68. The van der Waals surface area contributed by atoms with Crippen LogP contribution in [0.2, 0.25) is 0 Å². The number of amides is 1. The summed E-state index contributed by atoms with van der Waals surface area (Å²) < 4.78 is 0. The van der Waals surface area contributed by atoms with Gasteiger partial charge in [-0.25, -0.2) is 0 Å². The molecule has 0 aliphatic carbocycles. The number of piperidine rings is 2. The summed E-state index contributed by atoms with van der Waals surface area (Å²) in [7, 11) is 0. The van der Waals surface area contributed by atoms with Gasteiger partial charge in [-0.15, -0.1) is 12.4 Å². The van der Waals surface area contributed by atoms with Crippen LogP contribution in [0.25, 0.3) is 0 Å². The predicted octanol–water partition coefficient (Wildman–Crippen LogP) is 1.09. The molecule has 0 radical (unpaired) electrons. The van der Waals surface area contributed by atoms with Crippen molar-refractivity contribution in [2.24, 2.45) is 11.7 Å². The molecule has 5 heteroatoms. The minimum Gasteiger partial charge on any atom is -0.342 e. The van der Waals surface area contributed by atoms with E-state index in [1.165, 1.54) is 0 Å². The summed E-state index contributed by atoms with van der Waals surface area (Å²) in [6.07, 6.45) is 4.39.